The van der Waals surface area contributed by atoms with Crippen LogP contribution >= 0.6 is 0 Å². The molecule has 9 aromatic carbocycles. The summed E-state index contributed by atoms with van der Waals surface area (Å²) in [5, 5.41) is 4.89. The number of para-hydroxylation sites is 4. The van der Waals surface area contributed by atoms with Gasteiger partial charge in [-0.15, -0.1) is 0 Å². The number of nitrogens with zero attached hydrogens (tertiary/aromatic N) is 3. The molecule has 0 radical (unpaired) electrons. The SMILES string of the molecule is c1ccc(-c2cc(-c3ccc(-c4ccccc4)cc3-n3c4ccccc4c4ccccc43)nc(-c3ccc(-c4ccccc4)cc3-n3c4ccccc4c4ccccc43)c2)cc1. The van der Waals surface area contributed by atoms with Crippen molar-refractivity contribution in [2.24, 2.45) is 0 Å². The molecule has 0 saturated heterocycles. The summed E-state index contributed by atoms with van der Waals surface area (Å²) in [5.41, 5.74) is 17.6. The molecule has 0 bridgehead atoms. The van der Waals surface area contributed by atoms with E-state index in [4.69, 9.17) is 4.98 Å². The van der Waals surface area contributed by atoms with Crippen LogP contribution in [-0.2, 0) is 0 Å². The lowest BCUT2D eigenvalue weighted by Crippen LogP contribution is -2.02. The summed E-state index contributed by atoms with van der Waals surface area (Å²) in [6.07, 6.45) is 0. The summed E-state index contributed by atoms with van der Waals surface area (Å²) in [5.74, 6) is 0. The zero-order valence-electron chi connectivity index (χ0n) is 33.9. The second-order valence-corrected chi connectivity index (χ2v) is 15.9. The largest absolute Gasteiger partial charge is 0.309 e. The third kappa shape index (κ3) is 5.94. The molecule has 0 unspecified atom stereocenters. The van der Waals surface area contributed by atoms with Crippen molar-refractivity contribution in [1.82, 2.24) is 14.1 Å². The van der Waals surface area contributed by atoms with Gasteiger partial charge in [0, 0.05) is 32.7 Å². The summed E-state index contributed by atoms with van der Waals surface area (Å²) in [4.78, 5) is 5.74. The average Bonchev–Trinajstić information content (AvgIpc) is 3.87. The molecule has 3 heterocycles. The zero-order valence-corrected chi connectivity index (χ0v) is 33.9. The lowest BCUT2D eigenvalue weighted by Gasteiger charge is -2.19. The summed E-state index contributed by atoms with van der Waals surface area (Å²) < 4.78 is 4.86. The van der Waals surface area contributed by atoms with Crippen molar-refractivity contribution in [3.05, 3.63) is 237 Å². The minimum absolute atomic E-state index is 0.901. The maximum absolute atomic E-state index is 5.74. The molecule has 0 saturated carbocycles. The van der Waals surface area contributed by atoms with Gasteiger partial charge in [-0.25, -0.2) is 4.98 Å². The summed E-state index contributed by atoms with van der Waals surface area (Å²) in [6.45, 7) is 0. The monoisotopic (exact) mass is 789 g/mol. The first-order valence-corrected chi connectivity index (χ1v) is 21.2. The quantitative estimate of drug-likeness (QED) is 0.158. The van der Waals surface area contributed by atoms with E-state index in [0.29, 0.717) is 0 Å². The molecule has 0 fully saturated rings. The van der Waals surface area contributed by atoms with E-state index in [1.165, 1.54) is 32.7 Å². The van der Waals surface area contributed by atoms with Crippen molar-refractivity contribution in [3.8, 4) is 67.3 Å². The van der Waals surface area contributed by atoms with Gasteiger partial charge < -0.3 is 9.13 Å². The normalized spacial score (nSPS) is 11.5. The average molecular weight is 790 g/mol. The Balaban J connectivity index is 1.17. The van der Waals surface area contributed by atoms with Crippen molar-refractivity contribution in [1.29, 1.82) is 0 Å². The Morgan fingerprint density at radius 1 is 0.242 bits per heavy atom. The Morgan fingerprint density at radius 3 is 0.903 bits per heavy atom. The van der Waals surface area contributed by atoms with E-state index in [9.17, 15) is 0 Å². The van der Waals surface area contributed by atoms with E-state index in [1.807, 2.05) is 0 Å². The summed E-state index contributed by atoms with van der Waals surface area (Å²) in [7, 11) is 0. The molecule has 0 aliphatic heterocycles. The van der Waals surface area contributed by atoms with E-state index in [-0.39, 0.29) is 0 Å². The molecule has 12 aromatic rings. The van der Waals surface area contributed by atoms with Gasteiger partial charge >= 0.3 is 0 Å². The maximum atomic E-state index is 5.74. The number of hydrogen-bond acceptors (Lipinski definition) is 1. The second kappa shape index (κ2) is 14.8. The summed E-state index contributed by atoms with van der Waals surface area (Å²) >= 11 is 0. The molecule has 0 spiro atoms. The highest BCUT2D eigenvalue weighted by Gasteiger charge is 2.22. The van der Waals surface area contributed by atoms with Crippen LogP contribution in [0.3, 0.4) is 0 Å². The van der Waals surface area contributed by atoms with Gasteiger partial charge in [-0.1, -0.05) is 188 Å². The Kier molecular flexibility index (Phi) is 8.50. The van der Waals surface area contributed by atoms with Gasteiger partial charge in [0.2, 0.25) is 0 Å². The molecule has 62 heavy (non-hydrogen) atoms. The van der Waals surface area contributed by atoms with Gasteiger partial charge in [0.05, 0.1) is 44.8 Å². The molecule has 290 valence electrons. The van der Waals surface area contributed by atoms with E-state index in [1.54, 1.807) is 0 Å². The van der Waals surface area contributed by atoms with E-state index in [0.717, 1.165) is 78.2 Å². The van der Waals surface area contributed by atoms with Gasteiger partial charge in [0.15, 0.2) is 0 Å². The predicted molar refractivity (Wildman–Crippen MR) is 260 cm³/mol. The van der Waals surface area contributed by atoms with Crippen molar-refractivity contribution in [2.45, 2.75) is 0 Å². The highest BCUT2D eigenvalue weighted by Crippen LogP contribution is 2.42. The van der Waals surface area contributed by atoms with E-state index < -0.39 is 0 Å². The molecule has 3 aromatic heterocycles. The zero-order chi connectivity index (χ0) is 41.0. The third-order valence-corrected chi connectivity index (χ3v) is 12.3. The molecule has 0 aliphatic rings. The Morgan fingerprint density at radius 2 is 0.548 bits per heavy atom. The topological polar surface area (TPSA) is 22.8 Å². The van der Waals surface area contributed by atoms with Crippen LogP contribution in [0, 0.1) is 0 Å². The lowest BCUT2D eigenvalue weighted by molar-refractivity contribution is 1.16. The molecule has 0 amide bonds. The number of aromatic nitrogens is 3. The van der Waals surface area contributed by atoms with Crippen molar-refractivity contribution in [3.63, 3.8) is 0 Å². The van der Waals surface area contributed by atoms with Crippen LogP contribution in [0.25, 0.3) is 111 Å². The van der Waals surface area contributed by atoms with Gasteiger partial charge in [-0.3, -0.25) is 0 Å². The van der Waals surface area contributed by atoms with Gasteiger partial charge in [-0.05, 0) is 81.9 Å². The highest BCUT2D eigenvalue weighted by atomic mass is 15.0. The van der Waals surface area contributed by atoms with Crippen molar-refractivity contribution in [2.75, 3.05) is 0 Å². The van der Waals surface area contributed by atoms with Gasteiger partial charge in [0.25, 0.3) is 0 Å². The second-order valence-electron chi connectivity index (χ2n) is 15.9. The fourth-order valence-corrected chi connectivity index (χ4v) is 9.45. The van der Waals surface area contributed by atoms with Crippen molar-refractivity contribution < 1.29 is 0 Å². The van der Waals surface area contributed by atoms with Crippen LogP contribution in [0.1, 0.15) is 0 Å². The number of fused-ring (bicyclic) bond motifs is 6. The maximum Gasteiger partial charge on any atom is 0.0736 e. The van der Waals surface area contributed by atoms with Gasteiger partial charge in [0.1, 0.15) is 0 Å². The third-order valence-electron chi connectivity index (χ3n) is 12.3. The smallest absolute Gasteiger partial charge is 0.0736 e. The fraction of sp³-hybridized carbons (Fsp3) is 0. The molecule has 12 rings (SSSR count). The van der Waals surface area contributed by atoms with Crippen LogP contribution in [0.2, 0.25) is 0 Å². The minimum atomic E-state index is 0.901. The lowest BCUT2D eigenvalue weighted by atomic mass is 9.95. The molecule has 0 atom stereocenters. The van der Waals surface area contributed by atoms with Crippen LogP contribution in [0.4, 0.5) is 0 Å². The molecule has 3 heteroatoms. The number of benzene rings is 9. The number of hydrogen-bond donors (Lipinski definition) is 0. The fourth-order valence-electron chi connectivity index (χ4n) is 9.45. The van der Waals surface area contributed by atoms with E-state index in [2.05, 4.69) is 246 Å². The first kappa shape index (κ1) is 35.7. The first-order chi connectivity index (χ1) is 30.8. The standard InChI is InChI=1S/C59H39N3/c1-4-18-40(19-5-1)43-32-34-50(58(38-43)61-54-28-14-10-24-46(54)47-25-11-15-29-55(47)61)52-36-45(42-22-8-3-9-23-42)37-53(60-52)51-35-33-44(41-20-6-2-7-21-41)39-59(51)62-56-30-16-12-26-48(56)49-27-13-17-31-57(49)62/h1-39H. The Bertz CT molecular complexity index is 3290. The van der Waals surface area contributed by atoms with Crippen molar-refractivity contribution >= 4 is 43.6 Å². The van der Waals surface area contributed by atoms with Crippen LogP contribution in [-0.4, -0.2) is 14.1 Å². The highest BCUT2D eigenvalue weighted by molar-refractivity contribution is 6.11. The van der Waals surface area contributed by atoms with E-state index >= 15 is 0 Å². The molecule has 3 nitrogen and oxygen atoms in total. The first-order valence-electron chi connectivity index (χ1n) is 21.2. The van der Waals surface area contributed by atoms with Crippen LogP contribution < -0.4 is 0 Å². The van der Waals surface area contributed by atoms with Gasteiger partial charge in [-0.2, -0.15) is 0 Å². The number of rotatable bonds is 7. The molecule has 0 N–H and O–H groups in total. The predicted octanol–water partition coefficient (Wildman–Crippen LogP) is 15.6. The van der Waals surface area contributed by atoms with Crippen LogP contribution in [0.5, 0.6) is 0 Å². The number of pyridine rings is 1. The minimum Gasteiger partial charge on any atom is -0.309 e. The summed E-state index contributed by atoms with van der Waals surface area (Å²) in [6, 6.07) is 85.3. The Hall–Kier alpha value is -8.27. The molecular weight excluding hydrogens is 751 g/mol. The Labute approximate surface area is 360 Å². The van der Waals surface area contributed by atoms with Crippen LogP contribution in [0.15, 0.2) is 237 Å². The molecule has 0 aliphatic carbocycles. The molecular formula is C59H39N3.